The van der Waals surface area contributed by atoms with Crippen LogP contribution < -0.4 is 10.2 Å². The number of nitrogens with one attached hydrogen (secondary N) is 2. The van der Waals surface area contributed by atoms with Gasteiger partial charge in [-0.1, -0.05) is 6.92 Å². The first-order chi connectivity index (χ1) is 13.0. The first-order valence-electron chi connectivity index (χ1n) is 9.16. The molecule has 0 radical (unpaired) electrons. The monoisotopic (exact) mass is 370 g/mol. The molecule has 1 fully saturated rings. The predicted molar refractivity (Wildman–Crippen MR) is 102 cm³/mol. The average Bonchev–Trinajstić information content (AvgIpc) is 3.12. The van der Waals surface area contributed by atoms with E-state index >= 15 is 0 Å². The standard InChI is InChI=1S/C19H23FN6O/c1-3-19(2,27)14-11-26(10-9-21-14)15-7-6-13(20)17(23-15)16-12-5-4-8-22-18(12)25-24-16/h4-8,14,21,27H,3,9-11H2,1-2H3,(H,22,24,25). The van der Waals surface area contributed by atoms with E-state index in [0.29, 0.717) is 30.1 Å². The highest BCUT2D eigenvalue weighted by molar-refractivity contribution is 5.89. The van der Waals surface area contributed by atoms with E-state index in [1.807, 2.05) is 19.9 Å². The second-order valence-electron chi connectivity index (χ2n) is 7.14. The molecule has 0 saturated carbocycles. The second-order valence-corrected chi connectivity index (χ2v) is 7.14. The summed E-state index contributed by atoms with van der Waals surface area (Å²) in [6, 6.07) is 6.66. The van der Waals surface area contributed by atoms with Crippen LogP contribution in [0, 0.1) is 5.82 Å². The molecule has 1 aliphatic rings. The quantitative estimate of drug-likeness (QED) is 0.652. The first-order valence-corrected chi connectivity index (χ1v) is 9.16. The molecule has 7 nitrogen and oxygen atoms in total. The molecule has 3 aromatic heterocycles. The Morgan fingerprint density at radius 2 is 2.22 bits per heavy atom. The fraction of sp³-hybridized carbons (Fsp3) is 0.421. The Balaban J connectivity index is 1.68. The number of H-pyrrole nitrogens is 1. The van der Waals surface area contributed by atoms with Crippen LogP contribution in [0.2, 0.25) is 0 Å². The maximum Gasteiger partial charge on any atom is 0.181 e. The van der Waals surface area contributed by atoms with Crippen molar-refractivity contribution in [1.82, 2.24) is 25.5 Å². The fourth-order valence-electron chi connectivity index (χ4n) is 3.44. The number of halogens is 1. The maximum atomic E-state index is 14.5. The minimum Gasteiger partial charge on any atom is -0.388 e. The Morgan fingerprint density at radius 1 is 1.37 bits per heavy atom. The van der Waals surface area contributed by atoms with Crippen LogP contribution in [0.15, 0.2) is 30.5 Å². The molecule has 2 atom stereocenters. The van der Waals surface area contributed by atoms with Gasteiger partial charge in [0.15, 0.2) is 11.5 Å². The molecule has 4 rings (SSSR count). The minimum absolute atomic E-state index is 0.0799. The highest BCUT2D eigenvalue weighted by Gasteiger charge is 2.34. The molecule has 3 aromatic rings. The van der Waals surface area contributed by atoms with Gasteiger partial charge in [-0.2, -0.15) is 5.10 Å². The van der Waals surface area contributed by atoms with Crippen LogP contribution in [-0.4, -0.2) is 56.5 Å². The molecule has 0 aliphatic carbocycles. The maximum absolute atomic E-state index is 14.5. The van der Waals surface area contributed by atoms with Gasteiger partial charge in [-0.3, -0.25) is 5.10 Å². The fourth-order valence-corrected chi connectivity index (χ4v) is 3.44. The van der Waals surface area contributed by atoms with Crippen molar-refractivity contribution in [1.29, 1.82) is 0 Å². The lowest BCUT2D eigenvalue weighted by Gasteiger charge is -2.41. The van der Waals surface area contributed by atoms with Gasteiger partial charge in [0.25, 0.3) is 0 Å². The second kappa shape index (κ2) is 6.86. The predicted octanol–water partition coefficient (Wildman–Crippen LogP) is 2.10. The van der Waals surface area contributed by atoms with E-state index in [1.165, 1.54) is 6.07 Å². The number of hydrogen-bond donors (Lipinski definition) is 3. The summed E-state index contributed by atoms with van der Waals surface area (Å²) in [4.78, 5) is 10.8. The van der Waals surface area contributed by atoms with E-state index in [9.17, 15) is 9.50 Å². The van der Waals surface area contributed by atoms with Crippen LogP contribution in [0.1, 0.15) is 20.3 Å². The average molecular weight is 370 g/mol. The van der Waals surface area contributed by atoms with Gasteiger partial charge in [0, 0.05) is 31.2 Å². The van der Waals surface area contributed by atoms with Gasteiger partial charge in [-0.05, 0) is 37.6 Å². The summed E-state index contributed by atoms with van der Waals surface area (Å²) in [5.41, 5.74) is 0.456. The molecule has 1 aliphatic heterocycles. The lowest BCUT2D eigenvalue weighted by molar-refractivity contribution is 0.0145. The molecule has 27 heavy (non-hydrogen) atoms. The molecule has 0 bridgehead atoms. The van der Waals surface area contributed by atoms with E-state index < -0.39 is 11.4 Å². The number of fused-ring (bicyclic) bond motifs is 1. The Bertz CT molecular complexity index is 956. The zero-order valence-corrected chi connectivity index (χ0v) is 15.4. The summed E-state index contributed by atoms with van der Waals surface area (Å²) in [7, 11) is 0. The van der Waals surface area contributed by atoms with E-state index in [1.54, 1.807) is 18.3 Å². The smallest absolute Gasteiger partial charge is 0.181 e. The van der Waals surface area contributed by atoms with Crippen LogP contribution >= 0.6 is 0 Å². The molecule has 3 N–H and O–H groups in total. The van der Waals surface area contributed by atoms with Crippen molar-refractivity contribution in [2.75, 3.05) is 24.5 Å². The Hall–Kier alpha value is -2.58. The molecular formula is C19H23FN6O. The van der Waals surface area contributed by atoms with E-state index in [-0.39, 0.29) is 11.7 Å². The van der Waals surface area contributed by atoms with Crippen LogP contribution in [0.25, 0.3) is 22.4 Å². The van der Waals surface area contributed by atoms with Gasteiger partial charge in [0.05, 0.1) is 17.3 Å². The van der Waals surface area contributed by atoms with Crippen molar-refractivity contribution in [3.63, 3.8) is 0 Å². The normalized spacial score (nSPS) is 20.0. The number of rotatable bonds is 4. The summed E-state index contributed by atoms with van der Waals surface area (Å²) in [5.74, 6) is 0.261. The highest BCUT2D eigenvalue weighted by Crippen LogP contribution is 2.28. The number of aliphatic hydroxyl groups is 1. The van der Waals surface area contributed by atoms with E-state index in [2.05, 4.69) is 30.4 Å². The van der Waals surface area contributed by atoms with Crippen molar-refractivity contribution in [3.05, 3.63) is 36.3 Å². The Kier molecular flexibility index (Phi) is 4.53. The summed E-state index contributed by atoms with van der Waals surface area (Å²) >= 11 is 0. The largest absolute Gasteiger partial charge is 0.388 e. The first kappa shape index (κ1) is 17.8. The third kappa shape index (κ3) is 3.26. The van der Waals surface area contributed by atoms with Crippen LogP contribution in [0.5, 0.6) is 0 Å². The zero-order valence-electron chi connectivity index (χ0n) is 15.4. The molecule has 0 spiro atoms. The van der Waals surface area contributed by atoms with Crippen molar-refractivity contribution >= 4 is 16.9 Å². The molecular weight excluding hydrogens is 347 g/mol. The SMILES string of the molecule is CCC(C)(O)C1CN(c2ccc(F)c(-c3[nH]nc4ncccc34)n2)CCN1. The van der Waals surface area contributed by atoms with E-state index in [0.717, 1.165) is 18.5 Å². The number of aromatic amines is 1. The molecule has 1 saturated heterocycles. The van der Waals surface area contributed by atoms with Crippen molar-refractivity contribution in [2.24, 2.45) is 0 Å². The number of anilines is 1. The van der Waals surface area contributed by atoms with Crippen molar-refractivity contribution in [3.8, 4) is 11.4 Å². The Labute approximate surface area is 156 Å². The van der Waals surface area contributed by atoms with Crippen molar-refractivity contribution in [2.45, 2.75) is 31.9 Å². The number of piperazine rings is 1. The number of pyridine rings is 2. The lowest BCUT2D eigenvalue weighted by atomic mass is 9.92. The van der Waals surface area contributed by atoms with Crippen molar-refractivity contribution < 1.29 is 9.50 Å². The van der Waals surface area contributed by atoms with E-state index in [4.69, 9.17) is 0 Å². The third-order valence-electron chi connectivity index (χ3n) is 5.36. The van der Waals surface area contributed by atoms with Gasteiger partial charge < -0.3 is 15.3 Å². The van der Waals surface area contributed by atoms with Crippen LogP contribution in [0.3, 0.4) is 0 Å². The molecule has 2 unspecified atom stereocenters. The number of nitrogens with zero attached hydrogens (tertiary/aromatic N) is 4. The van der Waals surface area contributed by atoms with Gasteiger partial charge in [0.1, 0.15) is 11.5 Å². The minimum atomic E-state index is -0.813. The molecule has 4 heterocycles. The molecule has 142 valence electrons. The summed E-state index contributed by atoms with van der Waals surface area (Å²) < 4.78 is 14.5. The Morgan fingerprint density at radius 3 is 3.04 bits per heavy atom. The number of aromatic nitrogens is 4. The van der Waals surface area contributed by atoms with Crippen LogP contribution in [-0.2, 0) is 0 Å². The molecule has 0 aromatic carbocycles. The highest BCUT2D eigenvalue weighted by atomic mass is 19.1. The zero-order chi connectivity index (χ0) is 19.0. The lowest BCUT2D eigenvalue weighted by Crippen LogP contribution is -2.60. The van der Waals surface area contributed by atoms with Gasteiger partial charge in [-0.15, -0.1) is 0 Å². The third-order valence-corrected chi connectivity index (χ3v) is 5.36. The topological polar surface area (TPSA) is 90.0 Å². The summed E-state index contributed by atoms with van der Waals surface area (Å²) in [6.07, 6.45) is 2.29. The molecule has 8 heteroatoms. The van der Waals surface area contributed by atoms with Gasteiger partial charge in [-0.25, -0.2) is 14.4 Å². The summed E-state index contributed by atoms with van der Waals surface area (Å²) in [6.45, 7) is 5.86. The van der Waals surface area contributed by atoms with Gasteiger partial charge in [0.2, 0.25) is 0 Å². The summed E-state index contributed by atoms with van der Waals surface area (Å²) in [5, 5.41) is 21.7. The van der Waals surface area contributed by atoms with Crippen LogP contribution in [0.4, 0.5) is 10.2 Å². The number of hydrogen-bond acceptors (Lipinski definition) is 6. The molecule has 0 amide bonds. The van der Waals surface area contributed by atoms with Gasteiger partial charge >= 0.3 is 0 Å².